The van der Waals surface area contributed by atoms with E-state index in [-0.39, 0.29) is 47.8 Å². The average Bonchev–Trinajstić information content (AvgIpc) is 2.96. The van der Waals surface area contributed by atoms with Crippen molar-refractivity contribution in [2.75, 3.05) is 52.0 Å². The van der Waals surface area contributed by atoms with Crippen LogP contribution in [0, 0.1) is 0 Å². The van der Waals surface area contributed by atoms with Crippen LogP contribution < -0.4 is 19.7 Å². The van der Waals surface area contributed by atoms with Gasteiger partial charge in [-0.25, -0.2) is 9.97 Å². The monoisotopic (exact) mass is 565 g/mol. The molecular formula is C27H34F3N5O5. The summed E-state index contributed by atoms with van der Waals surface area (Å²) in [6.07, 6.45) is -0.353. The van der Waals surface area contributed by atoms with Gasteiger partial charge in [0.1, 0.15) is 12.1 Å². The number of hydrogen-bond donors (Lipinski definition) is 1. The van der Waals surface area contributed by atoms with Crippen molar-refractivity contribution in [2.24, 2.45) is 0 Å². The molecular weight excluding hydrogens is 531 g/mol. The van der Waals surface area contributed by atoms with Crippen LogP contribution in [0.15, 0.2) is 24.5 Å². The van der Waals surface area contributed by atoms with E-state index in [2.05, 4.69) is 20.0 Å². The van der Waals surface area contributed by atoms with E-state index in [9.17, 15) is 18.0 Å². The Labute approximate surface area is 230 Å². The maximum Gasteiger partial charge on any atom is 0.573 e. The maximum absolute atomic E-state index is 13.5. The van der Waals surface area contributed by atoms with Crippen molar-refractivity contribution in [1.82, 2.24) is 20.2 Å². The molecule has 1 N–H and O–H groups in total. The Hall–Kier alpha value is -3.16. The number of aromatic nitrogens is 2. The van der Waals surface area contributed by atoms with Crippen molar-refractivity contribution < 1.29 is 36.9 Å². The fourth-order valence-corrected chi connectivity index (χ4v) is 5.68. The van der Waals surface area contributed by atoms with Gasteiger partial charge < -0.3 is 34.1 Å². The highest BCUT2D eigenvalue weighted by Gasteiger charge is 2.34. The van der Waals surface area contributed by atoms with Crippen molar-refractivity contribution in [1.29, 1.82) is 0 Å². The van der Waals surface area contributed by atoms with E-state index in [4.69, 9.17) is 14.2 Å². The number of nitrogens with zero attached hydrogens (tertiary/aromatic N) is 4. The smallest absolute Gasteiger partial charge is 0.491 e. The number of amides is 1. The number of rotatable bonds is 7. The molecule has 1 aromatic carbocycles. The Bertz CT molecular complexity index is 1190. The summed E-state index contributed by atoms with van der Waals surface area (Å²) in [5.41, 5.74) is 1.79. The summed E-state index contributed by atoms with van der Waals surface area (Å²) in [4.78, 5) is 25.9. The van der Waals surface area contributed by atoms with Crippen LogP contribution in [0.3, 0.4) is 0 Å². The predicted octanol–water partition coefficient (Wildman–Crippen LogP) is 2.94. The van der Waals surface area contributed by atoms with E-state index in [1.807, 2.05) is 4.90 Å². The van der Waals surface area contributed by atoms with E-state index in [0.717, 1.165) is 24.8 Å². The standard InChI is InChI=1S/C27H34F3N5O5/c1-37-22-15-39-12-8-21(22)33-19-6-10-34(11-7-19)26(36)23-24(38-2)25(32-16-31-23)35-9-5-17-3-4-20(13-18(17)14-35)40-27(28,29)30/h3-4,13,16,19,21-22,33H,5-12,14-15H2,1-2H3/t21-,22+/m1/s1. The number of carbonyl (C=O) groups excluding carboxylic acids is 1. The second-order valence-corrected chi connectivity index (χ2v) is 10.2. The number of alkyl halides is 3. The molecule has 10 nitrogen and oxygen atoms in total. The number of likely N-dealkylation sites (tertiary alicyclic amines) is 1. The van der Waals surface area contributed by atoms with Crippen LogP contribution >= 0.6 is 0 Å². The Morgan fingerprint density at radius 2 is 1.90 bits per heavy atom. The van der Waals surface area contributed by atoms with Gasteiger partial charge in [0.15, 0.2) is 17.3 Å². The number of piperidine rings is 1. The molecule has 2 saturated heterocycles. The number of nitrogens with one attached hydrogen (secondary N) is 1. The van der Waals surface area contributed by atoms with Crippen molar-refractivity contribution >= 4 is 11.7 Å². The predicted molar refractivity (Wildman–Crippen MR) is 139 cm³/mol. The molecule has 2 atom stereocenters. The van der Waals surface area contributed by atoms with Crippen molar-refractivity contribution in [3.63, 3.8) is 0 Å². The van der Waals surface area contributed by atoms with Gasteiger partial charge in [0, 0.05) is 52.0 Å². The third-order valence-electron chi connectivity index (χ3n) is 7.75. The molecule has 13 heteroatoms. The largest absolute Gasteiger partial charge is 0.573 e. The zero-order valence-corrected chi connectivity index (χ0v) is 22.6. The van der Waals surface area contributed by atoms with Gasteiger partial charge in [-0.1, -0.05) is 6.07 Å². The summed E-state index contributed by atoms with van der Waals surface area (Å²) in [6, 6.07) is 4.86. The third-order valence-corrected chi connectivity index (χ3v) is 7.75. The van der Waals surface area contributed by atoms with Crippen LogP contribution in [-0.2, 0) is 22.4 Å². The highest BCUT2D eigenvalue weighted by Crippen LogP contribution is 2.34. The lowest BCUT2D eigenvalue weighted by atomic mass is 9.99. The first-order valence-corrected chi connectivity index (χ1v) is 13.4. The fourth-order valence-electron chi connectivity index (χ4n) is 5.68. The Kier molecular flexibility index (Phi) is 8.62. The molecule has 2 fully saturated rings. The van der Waals surface area contributed by atoms with Crippen molar-refractivity contribution in [3.8, 4) is 11.5 Å². The number of ether oxygens (including phenoxy) is 4. The number of anilines is 1. The second-order valence-electron chi connectivity index (χ2n) is 10.2. The highest BCUT2D eigenvalue weighted by atomic mass is 19.4. The maximum atomic E-state index is 13.5. The number of carbonyl (C=O) groups is 1. The van der Waals surface area contributed by atoms with Crippen LogP contribution in [0.1, 0.15) is 40.9 Å². The molecule has 3 aliphatic heterocycles. The summed E-state index contributed by atoms with van der Waals surface area (Å²) in [7, 11) is 3.16. The molecule has 5 rings (SSSR count). The van der Waals surface area contributed by atoms with E-state index in [1.54, 1.807) is 18.1 Å². The topological polar surface area (TPSA) is 98.3 Å². The summed E-state index contributed by atoms with van der Waals surface area (Å²) >= 11 is 0. The molecule has 0 saturated carbocycles. The zero-order chi connectivity index (χ0) is 28.3. The summed E-state index contributed by atoms with van der Waals surface area (Å²) < 4.78 is 59.0. The molecule has 1 aromatic heterocycles. The normalized spacial score (nSPS) is 22.1. The minimum atomic E-state index is -4.77. The number of benzene rings is 1. The lowest BCUT2D eigenvalue weighted by Gasteiger charge is -2.38. The van der Waals surface area contributed by atoms with Gasteiger partial charge in [0.05, 0.1) is 19.8 Å². The first-order chi connectivity index (χ1) is 19.3. The number of hydrogen-bond acceptors (Lipinski definition) is 9. The van der Waals surface area contributed by atoms with Gasteiger partial charge in [0.25, 0.3) is 5.91 Å². The van der Waals surface area contributed by atoms with E-state index in [1.165, 1.54) is 25.6 Å². The molecule has 1 amide bonds. The molecule has 0 bridgehead atoms. The van der Waals surface area contributed by atoms with Gasteiger partial charge in [-0.05, 0) is 48.9 Å². The molecule has 0 aliphatic carbocycles. The number of methoxy groups -OCH3 is 2. The molecule has 4 heterocycles. The fraction of sp³-hybridized carbons (Fsp3) is 0.593. The van der Waals surface area contributed by atoms with E-state index < -0.39 is 6.36 Å². The summed E-state index contributed by atoms with van der Waals surface area (Å²) in [6.45, 7) is 3.26. The van der Waals surface area contributed by atoms with Gasteiger partial charge in [-0.3, -0.25) is 4.79 Å². The number of halogens is 3. The lowest BCUT2D eigenvalue weighted by molar-refractivity contribution is -0.274. The Balaban J connectivity index is 1.26. The third kappa shape index (κ3) is 6.42. The van der Waals surface area contributed by atoms with Crippen LogP contribution in [0.2, 0.25) is 0 Å². The Morgan fingerprint density at radius 3 is 2.62 bits per heavy atom. The van der Waals surface area contributed by atoms with Gasteiger partial charge in [-0.15, -0.1) is 13.2 Å². The minimum Gasteiger partial charge on any atom is -0.491 e. The van der Waals surface area contributed by atoms with Gasteiger partial charge in [-0.2, -0.15) is 0 Å². The second kappa shape index (κ2) is 12.1. The zero-order valence-electron chi connectivity index (χ0n) is 22.6. The number of fused-ring (bicyclic) bond motifs is 1. The van der Waals surface area contributed by atoms with Crippen LogP contribution in [0.25, 0.3) is 0 Å². The lowest BCUT2D eigenvalue weighted by Crippen LogP contribution is -2.54. The highest BCUT2D eigenvalue weighted by molar-refractivity contribution is 5.96. The Morgan fingerprint density at radius 1 is 1.10 bits per heavy atom. The molecule has 0 unspecified atom stereocenters. The summed E-state index contributed by atoms with van der Waals surface area (Å²) in [5.74, 6) is 0.170. The first kappa shape index (κ1) is 28.4. The quantitative estimate of drug-likeness (QED) is 0.544. The minimum absolute atomic E-state index is 0.0163. The molecule has 218 valence electrons. The van der Waals surface area contributed by atoms with Gasteiger partial charge >= 0.3 is 6.36 Å². The van der Waals surface area contributed by atoms with Gasteiger partial charge in [0.2, 0.25) is 0 Å². The summed E-state index contributed by atoms with van der Waals surface area (Å²) in [5, 5.41) is 3.69. The van der Waals surface area contributed by atoms with Crippen LogP contribution in [0.4, 0.5) is 19.0 Å². The van der Waals surface area contributed by atoms with E-state index in [0.29, 0.717) is 50.7 Å². The van der Waals surface area contributed by atoms with Crippen LogP contribution in [-0.4, -0.2) is 92.4 Å². The first-order valence-electron chi connectivity index (χ1n) is 13.4. The molecule has 0 spiro atoms. The van der Waals surface area contributed by atoms with Crippen molar-refractivity contribution in [2.45, 2.75) is 56.8 Å². The molecule has 40 heavy (non-hydrogen) atoms. The van der Waals surface area contributed by atoms with E-state index >= 15 is 0 Å². The average molecular weight is 566 g/mol. The SMILES string of the molecule is COc1c(C(=O)N2CCC(N[C@@H]3CCOC[C@@H]3OC)CC2)ncnc1N1CCc2ccc(OC(F)(F)F)cc2C1. The molecule has 0 radical (unpaired) electrons. The molecule has 2 aromatic rings. The van der Waals surface area contributed by atoms with Crippen molar-refractivity contribution in [3.05, 3.63) is 41.3 Å². The van der Waals surface area contributed by atoms with Crippen LogP contribution in [0.5, 0.6) is 11.5 Å². The molecule has 3 aliphatic rings.